The van der Waals surface area contributed by atoms with Gasteiger partial charge in [0.1, 0.15) is 0 Å². The highest BCUT2D eigenvalue weighted by molar-refractivity contribution is 7.99. The van der Waals surface area contributed by atoms with Gasteiger partial charge in [0, 0.05) is 36.3 Å². The molecule has 2 fully saturated rings. The van der Waals surface area contributed by atoms with Gasteiger partial charge in [-0.15, -0.1) is 0 Å². The molecule has 3 nitrogen and oxygen atoms in total. The molecule has 0 aromatic heterocycles. The molecule has 1 aromatic rings. The lowest BCUT2D eigenvalue weighted by atomic mass is 10.1. The van der Waals surface area contributed by atoms with Crippen LogP contribution in [-0.2, 0) is 4.74 Å². The Labute approximate surface area is 119 Å². The largest absolute Gasteiger partial charge is 0.381 e. The van der Waals surface area contributed by atoms with Gasteiger partial charge in [-0.05, 0) is 42.9 Å². The Balaban J connectivity index is 1.58. The molecular weight excluding hydrogens is 256 g/mol. The van der Waals surface area contributed by atoms with Crippen LogP contribution in [-0.4, -0.2) is 43.9 Å². The summed E-state index contributed by atoms with van der Waals surface area (Å²) in [5.74, 6) is 2.57. The summed E-state index contributed by atoms with van der Waals surface area (Å²) in [5, 5.41) is 3.65. The lowest BCUT2D eigenvalue weighted by molar-refractivity contribution is 0.122. The molecule has 1 atom stereocenters. The van der Waals surface area contributed by atoms with E-state index in [-0.39, 0.29) is 0 Å². The molecule has 1 N–H and O–H groups in total. The van der Waals surface area contributed by atoms with E-state index in [1.54, 1.807) is 0 Å². The van der Waals surface area contributed by atoms with E-state index < -0.39 is 0 Å². The minimum Gasteiger partial charge on any atom is -0.381 e. The summed E-state index contributed by atoms with van der Waals surface area (Å²) in [7, 11) is 0. The SMILES string of the molecule is c1cc(N2CCOCC2)ccc1NC1CCCSC1. The molecule has 19 heavy (non-hydrogen) atoms. The molecule has 2 aliphatic rings. The van der Waals surface area contributed by atoms with Gasteiger partial charge in [-0.3, -0.25) is 0 Å². The van der Waals surface area contributed by atoms with Crippen LogP contribution >= 0.6 is 11.8 Å². The van der Waals surface area contributed by atoms with Crippen LogP contribution in [0, 0.1) is 0 Å². The first-order valence-electron chi connectivity index (χ1n) is 7.19. The number of morpholine rings is 1. The fourth-order valence-corrected chi connectivity index (χ4v) is 3.75. The number of thioether (sulfide) groups is 1. The van der Waals surface area contributed by atoms with E-state index in [0.717, 1.165) is 26.3 Å². The molecule has 0 amide bonds. The van der Waals surface area contributed by atoms with E-state index in [1.165, 1.54) is 35.7 Å². The zero-order chi connectivity index (χ0) is 12.9. The first-order chi connectivity index (χ1) is 9.42. The standard InChI is InChI=1S/C15H22N2OS/c1-2-14(12-19-11-1)16-13-3-5-15(6-4-13)17-7-9-18-10-8-17/h3-6,14,16H,1-2,7-12H2. The third-order valence-electron chi connectivity index (χ3n) is 3.77. The Hall–Kier alpha value is -0.870. The number of nitrogens with zero attached hydrogens (tertiary/aromatic N) is 1. The van der Waals surface area contributed by atoms with Gasteiger partial charge < -0.3 is 15.0 Å². The topological polar surface area (TPSA) is 24.5 Å². The van der Waals surface area contributed by atoms with Gasteiger partial charge in [-0.1, -0.05) is 0 Å². The normalized spacial score (nSPS) is 24.2. The van der Waals surface area contributed by atoms with Crippen LogP contribution in [0.3, 0.4) is 0 Å². The molecule has 0 saturated carbocycles. The molecule has 0 radical (unpaired) electrons. The van der Waals surface area contributed by atoms with Gasteiger partial charge in [0.2, 0.25) is 0 Å². The molecule has 2 aliphatic heterocycles. The van der Waals surface area contributed by atoms with Crippen LogP contribution in [0.25, 0.3) is 0 Å². The van der Waals surface area contributed by atoms with Crippen molar-refractivity contribution in [2.75, 3.05) is 48.0 Å². The maximum atomic E-state index is 5.39. The molecule has 2 saturated heterocycles. The van der Waals surface area contributed by atoms with Gasteiger partial charge in [-0.25, -0.2) is 0 Å². The highest BCUT2D eigenvalue weighted by atomic mass is 32.2. The van der Waals surface area contributed by atoms with Crippen LogP contribution in [0.1, 0.15) is 12.8 Å². The summed E-state index contributed by atoms with van der Waals surface area (Å²) in [4.78, 5) is 2.39. The maximum absolute atomic E-state index is 5.39. The molecule has 0 spiro atoms. The number of nitrogens with one attached hydrogen (secondary N) is 1. The molecule has 4 heteroatoms. The summed E-state index contributed by atoms with van der Waals surface area (Å²) in [6.45, 7) is 3.71. The highest BCUT2D eigenvalue weighted by Gasteiger charge is 2.14. The molecule has 2 heterocycles. The summed E-state index contributed by atoms with van der Waals surface area (Å²) in [6.07, 6.45) is 2.65. The van der Waals surface area contributed by atoms with Crippen molar-refractivity contribution in [3.05, 3.63) is 24.3 Å². The number of anilines is 2. The van der Waals surface area contributed by atoms with Crippen LogP contribution < -0.4 is 10.2 Å². The number of hydrogen-bond donors (Lipinski definition) is 1. The van der Waals surface area contributed by atoms with E-state index >= 15 is 0 Å². The zero-order valence-corrected chi connectivity index (χ0v) is 12.1. The predicted molar refractivity (Wildman–Crippen MR) is 83.4 cm³/mol. The summed E-state index contributed by atoms with van der Waals surface area (Å²) >= 11 is 2.06. The first-order valence-corrected chi connectivity index (χ1v) is 8.34. The predicted octanol–water partition coefficient (Wildman–Crippen LogP) is 2.83. The summed E-state index contributed by atoms with van der Waals surface area (Å²) < 4.78 is 5.39. The molecule has 1 unspecified atom stereocenters. The monoisotopic (exact) mass is 278 g/mol. The lowest BCUT2D eigenvalue weighted by Gasteiger charge is -2.29. The second kappa shape index (κ2) is 6.53. The summed E-state index contributed by atoms with van der Waals surface area (Å²) in [5.41, 5.74) is 2.57. The van der Waals surface area contributed by atoms with Gasteiger partial charge in [0.25, 0.3) is 0 Å². The van der Waals surface area contributed by atoms with Crippen molar-refractivity contribution in [3.63, 3.8) is 0 Å². The highest BCUT2D eigenvalue weighted by Crippen LogP contribution is 2.23. The average Bonchev–Trinajstić information content (AvgIpc) is 2.50. The Morgan fingerprint density at radius 2 is 1.95 bits per heavy atom. The Morgan fingerprint density at radius 3 is 2.63 bits per heavy atom. The van der Waals surface area contributed by atoms with Crippen molar-refractivity contribution in [1.29, 1.82) is 0 Å². The van der Waals surface area contributed by atoms with E-state index in [0.29, 0.717) is 6.04 Å². The Bertz CT molecular complexity index is 384. The smallest absolute Gasteiger partial charge is 0.0642 e. The van der Waals surface area contributed by atoms with Gasteiger partial charge in [-0.2, -0.15) is 11.8 Å². The second-order valence-corrected chi connectivity index (χ2v) is 6.35. The van der Waals surface area contributed by atoms with Crippen molar-refractivity contribution in [2.45, 2.75) is 18.9 Å². The lowest BCUT2D eigenvalue weighted by Crippen LogP contribution is -2.36. The minimum absolute atomic E-state index is 0.646. The molecule has 0 aliphatic carbocycles. The number of rotatable bonds is 3. The van der Waals surface area contributed by atoms with Gasteiger partial charge in [0.15, 0.2) is 0 Å². The molecule has 0 bridgehead atoms. The third kappa shape index (κ3) is 3.57. The van der Waals surface area contributed by atoms with Crippen molar-refractivity contribution < 1.29 is 4.74 Å². The van der Waals surface area contributed by atoms with E-state index in [9.17, 15) is 0 Å². The fourth-order valence-electron chi connectivity index (χ4n) is 2.68. The van der Waals surface area contributed by atoms with Gasteiger partial charge in [0.05, 0.1) is 13.2 Å². The summed E-state index contributed by atoms with van der Waals surface area (Å²) in [6, 6.07) is 9.52. The van der Waals surface area contributed by atoms with Crippen molar-refractivity contribution in [3.8, 4) is 0 Å². The van der Waals surface area contributed by atoms with Crippen molar-refractivity contribution in [1.82, 2.24) is 0 Å². The van der Waals surface area contributed by atoms with Crippen molar-refractivity contribution >= 4 is 23.1 Å². The van der Waals surface area contributed by atoms with E-state index in [2.05, 4.69) is 46.2 Å². The molecule has 1 aromatic carbocycles. The second-order valence-electron chi connectivity index (χ2n) is 5.20. The number of benzene rings is 1. The van der Waals surface area contributed by atoms with Crippen LogP contribution in [0.2, 0.25) is 0 Å². The van der Waals surface area contributed by atoms with Crippen molar-refractivity contribution in [2.24, 2.45) is 0 Å². The zero-order valence-electron chi connectivity index (χ0n) is 11.3. The first kappa shape index (κ1) is 13.1. The Morgan fingerprint density at radius 1 is 1.16 bits per heavy atom. The van der Waals surface area contributed by atoms with Gasteiger partial charge >= 0.3 is 0 Å². The van der Waals surface area contributed by atoms with E-state index in [1.807, 2.05) is 0 Å². The average molecular weight is 278 g/mol. The third-order valence-corrected chi connectivity index (χ3v) is 4.99. The number of ether oxygens (including phenoxy) is 1. The van der Waals surface area contributed by atoms with Crippen LogP contribution in [0.15, 0.2) is 24.3 Å². The maximum Gasteiger partial charge on any atom is 0.0642 e. The van der Waals surface area contributed by atoms with Crippen LogP contribution in [0.4, 0.5) is 11.4 Å². The van der Waals surface area contributed by atoms with Crippen LogP contribution in [0.5, 0.6) is 0 Å². The Kier molecular flexibility index (Phi) is 4.51. The number of hydrogen-bond acceptors (Lipinski definition) is 4. The quantitative estimate of drug-likeness (QED) is 0.919. The fraction of sp³-hybridized carbons (Fsp3) is 0.600. The van der Waals surface area contributed by atoms with E-state index in [4.69, 9.17) is 4.74 Å². The molecule has 104 valence electrons. The minimum atomic E-state index is 0.646. The molecule has 3 rings (SSSR count). The molecular formula is C15H22N2OS.